The summed E-state index contributed by atoms with van der Waals surface area (Å²) in [4.78, 5) is 21.1. The maximum absolute atomic E-state index is 10.8. The lowest BCUT2D eigenvalue weighted by Gasteiger charge is -2.07. The molecule has 0 amide bonds. The second-order valence-corrected chi connectivity index (χ2v) is 5.03. The van der Waals surface area contributed by atoms with E-state index >= 15 is 0 Å². The SMILES string of the molecule is CCCc1cc(O)cc(O)c1C(=O)O.O=C(O)c1c(O)cccc1O. The first-order chi connectivity index (χ1) is 11.7. The van der Waals surface area contributed by atoms with Crippen LogP contribution in [-0.2, 0) is 6.42 Å². The number of rotatable bonds is 4. The molecule has 6 N–H and O–H groups in total. The number of phenols is 4. The van der Waals surface area contributed by atoms with Gasteiger partial charge in [-0.25, -0.2) is 9.59 Å². The van der Waals surface area contributed by atoms with Gasteiger partial charge in [-0.05, 0) is 30.2 Å². The zero-order chi connectivity index (χ0) is 19.1. The number of aryl methyl sites for hydroxylation is 1. The van der Waals surface area contributed by atoms with E-state index in [4.69, 9.17) is 20.4 Å². The summed E-state index contributed by atoms with van der Waals surface area (Å²) >= 11 is 0. The normalized spacial score (nSPS) is 9.80. The molecule has 0 bridgehead atoms. The van der Waals surface area contributed by atoms with Crippen molar-refractivity contribution in [1.82, 2.24) is 0 Å². The molecule has 0 saturated carbocycles. The van der Waals surface area contributed by atoms with Gasteiger partial charge in [0.1, 0.15) is 34.1 Å². The highest BCUT2D eigenvalue weighted by molar-refractivity contribution is 5.94. The van der Waals surface area contributed by atoms with Gasteiger partial charge < -0.3 is 30.6 Å². The number of aromatic carboxylic acids is 2. The molecule has 0 aromatic heterocycles. The summed E-state index contributed by atoms with van der Waals surface area (Å²) in [5.41, 5.74) is -0.130. The van der Waals surface area contributed by atoms with Crippen molar-refractivity contribution in [2.45, 2.75) is 19.8 Å². The van der Waals surface area contributed by atoms with E-state index in [1.807, 2.05) is 6.92 Å². The fraction of sp³-hybridized carbons (Fsp3) is 0.176. The van der Waals surface area contributed by atoms with Crippen molar-refractivity contribution in [2.24, 2.45) is 0 Å². The third-order valence-corrected chi connectivity index (χ3v) is 3.15. The number of hydrogen-bond donors (Lipinski definition) is 6. The zero-order valence-electron chi connectivity index (χ0n) is 13.3. The van der Waals surface area contributed by atoms with Crippen LogP contribution in [0.5, 0.6) is 23.0 Å². The Balaban J connectivity index is 0.000000257. The van der Waals surface area contributed by atoms with Crippen molar-refractivity contribution in [3.05, 3.63) is 47.0 Å². The van der Waals surface area contributed by atoms with Crippen molar-refractivity contribution in [2.75, 3.05) is 0 Å². The molecule has 25 heavy (non-hydrogen) atoms. The Bertz CT molecular complexity index is 762. The van der Waals surface area contributed by atoms with E-state index < -0.39 is 29.0 Å². The smallest absolute Gasteiger partial charge is 0.343 e. The van der Waals surface area contributed by atoms with Crippen LogP contribution < -0.4 is 0 Å². The van der Waals surface area contributed by atoms with E-state index in [1.54, 1.807) is 0 Å². The van der Waals surface area contributed by atoms with Crippen molar-refractivity contribution in [3.8, 4) is 23.0 Å². The highest BCUT2D eigenvalue weighted by atomic mass is 16.4. The van der Waals surface area contributed by atoms with Gasteiger partial charge in [0.2, 0.25) is 0 Å². The molecule has 0 heterocycles. The Morgan fingerprint density at radius 3 is 1.76 bits per heavy atom. The minimum absolute atomic E-state index is 0.115. The van der Waals surface area contributed by atoms with Gasteiger partial charge in [-0.15, -0.1) is 0 Å². The van der Waals surface area contributed by atoms with Crippen molar-refractivity contribution < 1.29 is 40.2 Å². The fourth-order valence-electron chi connectivity index (χ4n) is 2.13. The fourth-order valence-corrected chi connectivity index (χ4v) is 2.13. The van der Waals surface area contributed by atoms with Gasteiger partial charge in [-0.1, -0.05) is 19.4 Å². The quantitative estimate of drug-likeness (QED) is 0.491. The highest BCUT2D eigenvalue weighted by Crippen LogP contribution is 2.28. The predicted molar refractivity (Wildman–Crippen MR) is 87.5 cm³/mol. The molecule has 0 fully saturated rings. The number of aromatic hydroxyl groups is 4. The monoisotopic (exact) mass is 350 g/mol. The number of phenolic OH excluding ortho intramolecular Hbond substituents is 1. The third-order valence-electron chi connectivity index (χ3n) is 3.15. The molecule has 134 valence electrons. The highest BCUT2D eigenvalue weighted by Gasteiger charge is 2.16. The minimum Gasteiger partial charge on any atom is -0.508 e. The molecule has 8 nitrogen and oxygen atoms in total. The van der Waals surface area contributed by atoms with Crippen LogP contribution in [0.3, 0.4) is 0 Å². The predicted octanol–water partition coefficient (Wildman–Crippen LogP) is 2.54. The van der Waals surface area contributed by atoms with Crippen molar-refractivity contribution in [1.29, 1.82) is 0 Å². The molecule has 0 spiro atoms. The lowest BCUT2D eigenvalue weighted by molar-refractivity contribution is 0.0679. The molecule has 0 saturated heterocycles. The molecule has 0 atom stereocenters. The molecule has 2 aromatic carbocycles. The Morgan fingerprint density at radius 1 is 0.840 bits per heavy atom. The van der Waals surface area contributed by atoms with Gasteiger partial charge in [-0.2, -0.15) is 0 Å². The van der Waals surface area contributed by atoms with Crippen LogP contribution in [-0.4, -0.2) is 42.6 Å². The summed E-state index contributed by atoms with van der Waals surface area (Å²) in [5, 5.41) is 53.6. The van der Waals surface area contributed by atoms with Crippen LogP contribution in [0.4, 0.5) is 0 Å². The summed E-state index contributed by atoms with van der Waals surface area (Å²) in [6.07, 6.45) is 1.27. The lowest BCUT2D eigenvalue weighted by atomic mass is 10.0. The van der Waals surface area contributed by atoms with E-state index in [9.17, 15) is 19.8 Å². The largest absolute Gasteiger partial charge is 0.508 e. The van der Waals surface area contributed by atoms with Crippen molar-refractivity contribution >= 4 is 11.9 Å². The van der Waals surface area contributed by atoms with Gasteiger partial charge >= 0.3 is 11.9 Å². The van der Waals surface area contributed by atoms with Gasteiger partial charge in [-0.3, -0.25) is 0 Å². The van der Waals surface area contributed by atoms with Gasteiger partial charge in [0, 0.05) is 6.07 Å². The van der Waals surface area contributed by atoms with Gasteiger partial charge in [0.15, 0.2) is 0 Å². The van der Waals surface area contributed by atoms with Crippen LogP contribution >= 0.6 is 0 Å². The molecule has 0 radical (unpaired) electrons. The van der Waals surface area contributed by atoms with Crippen LogP contribution in [0.2, 0.25) is 0 Å². The zero-order valence-corrected chi connectivity index (χ0v) is 13.3. The number of carboxylic acids is 2. The summed E-state index contributed by atoms with van der Waals surface area (Å²) in [7, 11) is 0. The van der Waals surface area contributed by atoms with Gasteiger partial charge in [0.05, 0.1) is 0 Å². The standard InChI is InChI=1S/C10H12O4.C7H6O4/c1-2-3-6-4-7(11)5-8(12)9(6)10(13)14;8-4-2-1-3-5(9)6(4)7(10)11/h4-5,11-12H,2-3H2,1H3,(H,13,14);1-3,8-9H,(H,10,11). The topological polar surface area (TPSA) is 156 Å². The maximum Gasteiger partial charge on any atom is 0.343 e. The van der Waals surface area contributed by atoms with E-state index in [-0.39, 0.29) is 17.1 Å². The number of hydrogen-bond acceptors (Lipinski definition) is 6. The summed E-state index contributed by atoms with van der Waals surface area (Å²) in [5.74, 6) is -3.89. The Morgan fingerprint density at radius 2 is 1.36 bits per heavy atom. The minimum atomic E-state index is -1.35. The summed E-state index contributed by atoms with van der Waals surface area (Å²) in [6, 6.07) is 6.15. The first-order valence-corrected chi connectivity index (χ1v) is 7.21. The Hall–Kier alpha value is -3.42. The van der Waals surface area contributed by atoms with E-state index in [0.29, 0.717) is 12.0 Å². The van der Waals surface area contributed by atoms with E-state index in [0.717, 1.165) is 12.5 Å². The summed E-state index contributed by atoms with van der Waals surface area (Å²) in [6.45, 7) is 1.90. The maximum atomic E-state index is 10.8. The number of benzene rings is 2. The molecule has 2 rings (SSSR count). The first-order valence-electron chi connectivity index (χ1n) is 7.21. The second-order valence-electron chi connectivity index (χ2n) is 5.03. The molecule has 8 heteroatoms. The van der Waals surface area contributed by atoms with Crippen molar-refractivity contribution in [3.63, 3.8) is 0 Å². The second kappa shape index (κ2) is 8.44. The van der Waals surface area contributed by atoms with Crippen LogP contribution in [0.1, 0.15) is 39.6 Å². The van der Waals surface area contributed by atoms with E-state index in [1.165, 1.54) is 24.3 Å². The molecular weight excluding hydrogens is 332 g/mol. The molecular formula is C17H18O8. The van der Waals surface area contributed by atoms with Crippen LogP contribution in [0.15, 0.2) is 30.3 Å². The average Bonchev–Trinajstić information content (AvgIpc) is 2.46. The van der Waals surface area contributed by atoms with Crippen LogP contribution in [0, 0.1) is 0 Å². The number of carboxylic acid groups (broad SMARTS) is 2. The molecule has 2 aromatic rings. The molecule has 0 aliphatic carbocycles. The van der Waals surface area contributed by atoms with Gasteiger partial charge in [0.25, 0.3) is 0 Å². The third kappa shape index (κ3) is 5.03. The Kier molecular flexibility index (Phi) is 6.62. The lowest BCUT2D eigenvalue weighted by Crippen LogP contribution is -2.02. The molecule has 0 unspecified atom stereocenters. The molecule has 0 aliphatic heterocycles. The van der Waals surface area contributed by atoms with E-state index in [2.05, 4.69) is 0 Å². The van der Waals surface area contributed by atoms with Crippen LogP contribution in [0.25, 0.3) is 0 Å². The summed E-state index contributed by atoms with van der Waals surface area (Å²) < 4.78 is 0. The first kappa shape index (κ1) is 19.6. The number of carbonyl (C=O) groups is 2. The average molecular weight is 350 g/mol. The Labute approximate surface area is 142 Å². The molecule has 0 aliphatic rings.